The maximum absolute atomic E-state index is 12.3. The highest BCUT2D eigenvalue weighted by Crippen LogP contribution is 2.19. The van der Waals surface area contributed by atoms with Crippen LogP contribution in [0.1, 0.15) is 43.5 Å². The van der Waals surface area contributed by atoms with Crippen LogP contribution in [0.25, 0.3) is 0 Å². The van der Waals surface area contributed by atoms with Crippen LogP contribution in [0.5, 0.6) is 0 Å². The van der Waals surface area contributed by atoms with Crippen molar-refractivity contribution >= 4 is 17.8 Å². The molecule has 2 aliphatic rings. The van der Waals surface area contributed by atoms with Gasteiger partial charge in [0.15, 0.2) is 5.82 Å². The summed E-state index contributed by atoms with van der Waals surface area (Å²) in [6, 6.07) is 10.4. The van der Waals surface area contributed by atoms with Gasteiger partial charge in [0.1, 0.15) is 0 Å². The fraction of sp³-hybridized carbons (Fsp3) is 0.565. The van der Waals surface area contributed by atoms with Crippen molar-refractivity contribution in [1.29, 1.82) is 0 Å². The normalized spacial score (nSPS) is 16.5. The van der Waals surface area contributed by atoms with Gasteiger partial charge in [-0.2, -0.15) is 15.0 Å². The molecule has 3 heterocycles. The summed E-state index contributed by atoms with van der Waals surface area (Å²) in [4.78, 5) is 30.7. The highest BCUT2D eigenvalue weighted by Gasteiger charge is 2.21. The van der Waals surface area contributed by atoms with Gasteiger partial charge in [-0.1, -0.05) is 30.3 Å². The van der Waals surface area contributed by atoms with Crippen LogP contribution in [-0.4, -0.2) is 60.3 Å². The van der Waals surface area contributed by atoms with Gasteiger partial charge in [0.05, 0.1) is 19.8 Å². The second-order valence-corrected chi connectivity index (χ2v) is 8.11. The zero-order valence-electron chi connectivity index (χ0n) is 18.1. The molecule has 0 bridgehead atoms. The number of nitrogens with one attached hydrogen (secondary N) is 1. The lowest BCUT2D eigenvalue weighted by molar-refractivity contribution is -0.121. The molecule has 0 saturated carbocycles. The Morgan fingerprint density at radius 2 is 1.58 bits per heavy atom. The number of hydrogen-bond acceptors (Lipinski definition) is 7. The van der Waals surface area contributed by atoms with Crippen molar-refractivity contribution in [3.8, 4) is 0 Å². The number of aromatic nitrogens is 3. The van der Waals surface area contributed by atoms with Crippen LogP contribution in [-0.2, 0) is 22.5 Å². The first-order valence-electron chi connectivity index (χ1n) is 11.4. The number of anilines is 2. The first-order chi connectivity index (χ1) is 15.3. The van der Waals surface area contributed by atoms with E-state index in [-0.39, 0.29) is 5.91 Å². The summed E-state index contributed by atoms with van der Waals surface area (Å²) in [5.41, 5.74) is 1.32. The van der Waals surface area contributed by atoms with Crippen molar-refractivity contribution in [3.63, 3.8) is 0 Å². The SMILES string of the molecule is O=C(CCCCc1ccccc1)NCc1nc(N2CCCC2)nc(N2CCOCC2)n1. The zero-order valence-corrected chi connectivity index (χ0v) is 18.1. The van der Waals surface area contributed by atoms with E-state index in [1.54, 1.807) is 0 Å². The molecule has 1 aromatic carbocycles. The van der Waals surface area contributed by atoms with E-state index < -0.39 is 0 Å². The van der Waals surface area contributed by atoms with Gasteiger partial charge in [0.2, 0.25) is 17.8 Å². The molecule has 1 amide bonds. The number of amides is 1. The quantitative estimate of drug-likeness (QED) is 0.619. The number of carbonyl (C=O) groups excluding carboxylic acids is 1. The molecule has 1 aromatic heterocycles. The second kappa shape index (κ2) is 11.0. The molecule has 8 nitrogen and oxygen atoms in total. The van der Waals surface area contributed by atoms with Crippen molar-refractivity contribution < 1.29 is 9.53 Å². The van der Waals surface area contributed by atoms with E-state index in [0.29, 0.717) is 38.0 Å². The lowest BCUT2D eigenvalue weighted by Crippen LogP contribution is -2.38. The number of morpholine rings is 1. The van der Waals surface area contributed by atoms with Crippen molar-refractivity contribution in [2.45, 2.75) is 45.1 Å². The monoisotopic (exact) mass is 424 g/mol. The smallest absolute Gasteiger partial charge is 0.230 e. The van der Waals surface area contributed by atoms with Crippen molar-refractivity contribution in [1.82, 2.24) is 20.3 Å². The molecule has 31 heavy (non-hydrogen) atoms. The van der Waals surface area contributed by atoms with E-state index in [1.165, 1.54) is 5.56 Å². The molecular weight excluding hydrogens is 392 g/mol. The number of benzene rings is 1. The first-order valence-corrected chi connectivity index (χ1v) is 11.4. The Kier molecular flexibility index (Phi) is 7.65. The van der Waals surface area contributed by atoms with E-state index >= 15 is 0 Å². The van der Waals surface area contributed by atoms with Gasteiger partial charge in [-0.15, -0.1) is 0 Å². The second-order valence-electron chi connectivity index (χ2n) is 8.11. The third-order valence-electron chi connectivity index (χ3n) is 5.75. The summed E-state index contributed by atoms with van der Waals surface area (Å²) in [6.07, 6.45) is 5.72. The number of hydrogen-bond donors (Lipinski definition) is 1. The summed E-state index contributed by atoms with van der Waals surface area (Å²) in [7, 11) is 0. The number of ether oxygens (including phenoxy) is 1. The highest BCUT2D eigenvalue weighted by atomic mass is 16.5. The van der Waals surface area contributed by atoms with Gasteiger partial charge in [-0.3, -0.25) is 4.79 Å². The molecule has 8 heteroatoms. The average Bonchev–Trinajstić information content (AvgIpc) is 3.37. The Morgan fingerprint density at radius 1 is 0.903 bits per heavy atom. The molecule has 2 saturated heterocycles. The fourth-order valence-corrected chi connectivity index (χ4v) is 3.96. The van der Waals surface area contributed by atoms with Crippen molar-refractivity contribution in [2.24, 2.45) is 0 Å². The van der Waals surface area contributed by atoms with E-state index in [4.69, 9.17) is 9.72 Å². The number of nitrogens with zero attached hydrogens (tertiary/aromatic N) is 5. The lowest BCUT2D eigenvalue weighted by atomic mass is 10.1. The Hall–Kier alpha value is -2.74. The summed E-state index contributed by atoms with van der Waals surface area (Å²) in [5.74, 6) is 2.08. The molecule has 1 N–H and O–H groups in total. The van der Waals surface area contributed by atoms with E-state index in [1.807, 2.05) is 6.07 Å². The van der Waals surface area contributed by atoms with Crippen LogP contribution in [0.4, 0.5) is 11.9 Å². The van der Waals surface area contributed by atoms with Crippen LogP contribution in [0.15, 0.2) is 30.3 Å². The van der Waals surface area contributed by atoms with Gasteiger partial charge >= 0.3 is 0 Å². The Morgan fingerprint density at radius 3 is 2.29 bits per heavy atom. The molecule has 0 unspecified atom stereocenters. The molecule has 4 rings (SSSR count). The first kappa shape index (κ1) is 21.5. The fourth-order valence-electron chi connectivity index (χ4n) is 3.96. The third-order valence-corrected chi connectivity index (χ3v) is 5.75. The maximum Gasteiger partial charge on any atom is 0.230 e. The van der Waals surface area contributed by atoms with Crippen molar-refractivity contribution in [2.75, 3.05) is 49.2 Å². The third kappa shape index (κ3) is 6.37. The minimum Gasteiger partial charge on any atom is -0.378 e. The van der Waals surface area contributed by atoms with Gasteiger partial charge in [0, 0.05) is 32.6 Å². The molecule has 0 spiro atoms. The Bertz CT molecular complexity index is 835. The number of aryl methyl sites for hydroxylation is 1. The summed E-state index contributed by atoms with van der Waals surface area (Å²) in [6.45, 7) is 5.19. The van der Waals surface area contributed by atoms with Crippen molar-refractivity contribution in [3.05, 3.63) is 41.7 Å². The highest BCUT2D eigenvalue weighted by molar-refractivity contribution is 5.75. The van der Waals surface area contributed by atoms with Crippen LogP contribution >= 0.6 is 0 Å². The van der Waals surface area contributed by atoms with Crippen LogP contribution in [0.2, 0.25) is 0 Å². The molecule has 2 aliphatic heterocycles. The summed E-state index contributed by atoms with van der Waals surface area (Å²) in [5, 5.41) is 2.99. The number of rotatable bonds is 9. The lowest BCUT2D eigenvalue weighted by Gasteiger charge is -2.28. The topological polar surface area (TPSA) is 83.5 Å². The van der Waals surface area contributed by atoms with E-state index in [2.05, 4.69) is 49.4 Å². The van der Waals surface area contributed by atoms with Gasteiger partial charge in [-0.05, 0) is 37.7 Å². The zero-order chi connectivity index (χ0) is 21.3. The molecule has 2 fully saturated rings. The molecule has 166 valence electrons. The standard InChI is InChI=1S/C23H32N6O2/c30-21(11-5-4-10-19-8-2-1-3-9-19)24-18-20-25-22(28-12-6-7-13-28)27-23(26-20)29-14-16-31-17-15-29/h1-3,8-9H,4-7,10-18H2,(H,24,30). The van der Waals surface area contributed by atoms with Crippen LogP contribution < -0.4 is 15.1 Å². The predicted molar refractivity (Wildman–Crippen MR) is 120 cm³/mol. The van der Waals surface area contributed by atoms with Crippen LogP contribution in [0.3, 0.4) is 0 Å². The summed E-state index contributed by atoms with van der Waals surface area (Å²) >= 11 is 0. The molecule has 0 atom stereocenters. The van der Waals surface area contributed by atoms with Gasteiger partial charge in [-0.25, -0.2) is 0 Å². The molecule has 0 radical (unpaired) electrons. The maximum atomic E-state index is 12.3. The summed E-state index contributed by atoms with van der Waals surface area (Å²) < 4.78 is 5.46. The van der Waals surface area contributed by atoms with E-state index in [9.17, 15) is 4.79 Å². The van der Waals surface area contributed by atoms with Crippen LogP contribution in [0, 0.1) is 0 Å². The average molecular weight is 425 g/mol. The Labute approximate surface area is 184 Å². The predicted octanol–water partition coefficient (Wildman–Crippen LogP) is 2.34. The number of carbonyl (C=O) groups is 1. The van der Waals surface area contributed by atoms with Gasteiger partial charge in [0.25, 0.3) is 0 Å². The number of unbranched alkanes of at least 4 members (excludes halogenated alkanes) is 1. The molecular formula is C23H32N6O2. The van der Waals surface area contributed by atoms with E-state index in [0.717, 1.165) is 64.2 Å². The Balaban J connectivity index is 1.31. The molecule has 2 aromatic rings. The van der Waals surface area contributed by atoms with Gasteiger partial charge < -0.3 is 19.9 Å². The molecule has 0 aliphatic carbocycles. The minimum absolute atomic E-state index is 0.0455. The largest absolute Gasteiger partial charge is 0.378 e. The minimum atomic E-state index is 0.0455.